The molecule has 1 atom stereocenters. The van der Waals surface area contributed by atoms with Crippen molar-refractivity contribution in [3.8, 4) is 5.75 Å². The van der Waals surface area contributed by atoms with Gasteiger partial charge >= 0.3 is 0 Å². The molecule has 122 valence electrons. The molecule has 0 unspecified atom stereocenters. The lowest BCUT2D eigenvalue weighted by atomic mass is 10.1. The SMILES string of the molecule is Cc1ccc(O[C@H](C)C(=O)NCCCc2cccc(C)c2)cc1. The first-order valence-corrected chi connectivity index (χ1v) is 8.11. The molecule has 23 heavy (non-hydrogen) atoms. The van der Waals surface area contributed by atoms with Gasteiger partial charge in [0.05, 0.1) is 0 Å². The highest BCUT2D eigenvalue weighted by atomic mass is 16.5. The summed E-state index contributed by atoms with van der Waals surface area (Å²) in [4.78, 5) is 12.0. The van der Waals surface area contributed by atoms with Crippen LogP contribution in [-0.2, 0) is 11.2 Å². The predicted octanol–water partition coefficient (Wildman–Crippen LogP) is 3.82. The Balaban J connectivity index is 1.70. The summed E-state index contributed by atoms with van der Waals surface area (Å²) in [7, 11) is 0. The van der Waals surface area contributed by atoms with Crippen LogP contribution in [0.4, 0.5) is 0 Å². The third kappa shape index (κ3) is 5.78. The van der Waals surface area contributed by atoms with E-state index in [4.69, 9.17) is 4.74 Å². The summed E-state index contributed by atoms with van der Waals surface area (Å²) in [5, 5.41) is 2.93. The Bertz CT molecular complexity index is 634. The molecule has 0 aromatic heterocycles. The van der Waals surface area contributed by atoms with Gasteiger partial charge in [-0.15, -0.1) is 0 Å². The summed E-state index contributed by atoms with van der Waals surface area (Å²) >= 11 is 0. The number of carbonyl (C=O) groups is 1. The second-order valence-corrected chi connectivity index (χ2v) is 5.96. The molecule has 0 fully saturated rings. The Kier molecular flexibility index (Phi) is 6.21. The zero-order valence-corrected chi connectivity index (χ0v) is 14.1. The van der Waals surface area contributed by atoms with E-state index in [-0.39, 0.29) is 5.91 Å². The number of rotatable bonds is 7. The molecule has 0 aliphatic heterocycles. The Morgan fingerprint density at radius 1 is 1.09 bits per heavy atom. The lowest BCUT2D eigenvalue weighted by Crippen LogP contribution is -2.36. The smallest absolute Gasteiger partial charge is 0.260 e. The molecule has 3 heteroatoms. The highest BCUT2D eigenvalue weighted by Crippen LogP contribution is 2.13. The van der Waals surface area contributed by atoms with Crippen molar-refractivity contribution in [3.63, 3.8) is 0 Å². The van der Waals surface area contributed by atoms with Crippen molar-refractivity contribution in [1.29, 1.82) is 0 Å². The average Bonchev–Trinajstić information content (AvgIpc) is 2.53. The molecule has 0 radical (unpaired) electrons. The van der Waals surface area contributed by atoms with Crippen LogP contribution in [0.5, 0.6) is 5.75 Å². The zero-order valence-electron chi connectivity index (χ0n) is 14.1. The van der Waals surface area contributed by atoms with Gasteiger partial charge in [-0.2, -0.15) is 0 Å². The molecule has 0 bridgehead atoms. The molecule has 0 spiro atoms. The number of carbonyl (C=O) groups excluding carboxylic acids is 1. The molecule has 0 aliphatic carbocycles. The lowest BCUT2D eigenvalue weighted by molar-refractivity contribution is -0.127. The fraction of sp³-hybridized carbons (Fsp3) is 0.350. The van der Waals surface area contributed by atoms with Crippen LogP contribution in [0, 0.1) is 13.8 Å². The van der Waals surface area contributed by atoms with Crippen LogP contribution >= 0.6 is 0 Å². The first-order chi connectivity index (χ1) is 11.0. The number of nitrogens with one attached hydrogen (secondary N) is 1. The van der Waals surface area contributed by atoms with Gasteiger partial charge in [0.15, 0.2) is 6.10 Å². The van der Waals surface area contributed by atoms with Gasteiger partial charge in [0.1, 0.15) is 5.75 Å². The van der Waals surface area contributed by atoms with Crippen molar-refractivity contribution in [2.24, 2.45) is 0 Å². The quantitative estimate of drug-likeness (QED) is 0.789. The van der Waals surface area contributed by atoms with Gasteiger partial charge < -0.3 is 10.1 Å². The number of hydrogen-bond acceptors (Lipinski definition) is 2. The minimum absolute atomic E-state index is 0.0742. The number of amides is 1. The van der Waals surface area contributed by atoms with Crippen molar-refractivity contribution in [1.82, 2.24) is 5.32 Å². The third-order valence-electron chi connectivity index (χ3n) is 3.73. The van der Waals surface area contributed by atoms with Crippen molar-refractivity contribution in [2.75, 3.05) is 6.54 Å². The van der Waals surface area contributed by atoms with Crippen molar-refractivity contribution >= 4 is 5.91 Å². The van der Waals surface area contributed by atoms with Crippen molar-refractivity contribution < 1.29 is 9.53 Å². The van der Waals surface area contributed by atoms with E-state index in [1.165, 1.54) is 16.7 Å². The molecule has 0 aliphatic rings. The number of benzene rings is 2. The molecule has 2 aromatic rings. The highest BCUT2D eigenvalue weighted by molar-refractivity contribution is 5.80. The monoisotopic (exact) mass is 311 g/mol. The van der Waals surface area contributed by atoms with Gasteiger partial charge in [0.2, 0.25) is 0 Å². The van der Waals surface area contributed by atoms with Gasteiger partial charge in [-0.25, -0.2) is 0 Å². The second-order valence-electron chi connectivity index (χ2n) is 5.96. The molecular formula is C20H25NO2. The van der Waals surface area contributed by atoms with Crippen LogP contribution in [0.15, 0.2) is 48.5 Å². The zero-order chi connectivity index (χ0) is 16.7. The summed E-state index contributed by atoms with van der Waals surface area (Å²) < 4.78 is 5.65. The Labute approximate surface area is 138 Å². The number of ether oxygens (including phenoxy) is 1. The average molecular weight is 311 g/mol. The Morgan fingerprint density at radius 2 is 1.83 bits per heavy atom. The maximum absolute atomic E-state index is 12.0. The van der Waals surface area contributed by atoms with E-state index < -0.39 is 6.10 Å². The summed E-state index contributed by atoms with van der Waals surface area (Å²) in [5.74, 6) is 0.646. The van der Waals surface area contributed by atoms with E-state index in [1.807, 2.05) is 31.2 Å². The standard InChI is InChI=1S/C20H25NO2/c1-15-9-11-19(12-10-15)23-17(3)20(22)21-13-5-8-18-7-4-6-16(2)14-18/h4,6-7,9-12,14,17H,5,8,13H2,1-3H3,(H,21,22)/t17-/m1/s1. The highest BCUT2D eigenvalue weighted by Gasteiger charge is 2.13. The molecule has 0 heterocycles. The van der Waals surface area contributed by atoms with E-state index in [0.29, 0.717) is 6.54 Å². The molecular weight excluding hydrogens is 286 g/mol. The van der Waals surface area contributed by atoms with Gasteiger partial charge in [-0.3, -0.25) is 4.79 Å². The molecule has 0 saturated carbocycles. The molecule has 2 rings (SSSR count). The van der Waals surface area contributed by atoms with Gasteiger partial charge in [-0.05, 0) is 51.3 Å². The lowest BCUT2D eigenvalue weighted by Gasteiger charge is -2.15. The molecule has 2 aromatic carbocycles. The van der Waals surface area contributed by atoms with Crippen LogP contribution in [0.3, 0.4) is 0 Å². The van der Waals surface area contributed by atoms with E-state index in [0.717, 1.165) is 18.6 Å². The van der Waals surface area contributed by atoms with E-state index in [2.05, 4.69) is 36.5 Å². The molecule has 0 saturated heterocycles. The topological polar surface area (TPSA) is 38.3 Å². The fourth-order valence-electron chi connectivity index (χ4n) is 2.39. The van der Waals surface area contributed by atoms with Gasteiger partial charge in [0.25, 0.3) is 5.91 Å². The van der Waals surface area contributed by atoms with E-state index in [9.17, 15) is 4.79 Å². The number of aryl methyl sites for hydroxylation is 3. The summed E-state index contributed by atoms with van der Waals surface area (Å²) in [6.07, 6.45) is 1.40. The minimum atomic E-state index is -0.489. The molecule has 1 N–H and O–H groups in total. The summed E-state index contributed by atoms with van der Waals surface area (Å²) in [5.41, 5.74) is 3.75. The first-order valence-electron chi connectivity index (χ1n) is 8.11. The third-order valence-corrected chi connectivity index (χ3v) is 3.73. The first kappa shape index (κ1) is 17.1. The summed E-state index contributed by atoms with van der Waals surface area (Å²) in [6, 6.07) is 16.2. The van der Waals surface area contributed by atoms with Crippen molar-refractivity contribution in [2.45, 2.75) is 39.7 Å². The van der Waals surface area contributed by atoms with Crippen LogP contribution in [0.1, 0.15) is 30.0 Å². The maximum Gasteiger partial charge on any atom is 0.260 e. The summed E-state index contributed by atoms with van der Waals surface area (Å²) in [6.45, 7) is 6.55. The van der Waals surface area contributed by atoms with Crippen LogP contribution in [0.2, 0.25) is 0 Å². The minimum Gasteiger partial charge on any atom is -0.481 e. The van der Waals surface area contributed by atoms with Gasteiger partial charge in [-0.1, -0.05) is 47.5 Å². The van der Waals surface area contributed by atoms with E-state index in [1.54, 1.807) is 6.92 Å². The molecule has 3 nitrogen and oxygen atoms in total. The number of hydrogen-bond donors (Lipinski definition) is 1. The Morgan fingerprint density at radius 3 is 2.52 bits per heavy atom. The Hall–Kier alpha value is -2.29. The van der Waals surface area contributed by atoms with Crippen LogP contribution in [-0.4, -0.2) is 18.6 Å². The van der Waals surface area contributed by atoms with Gasteiger partial charge in [0, 0.05) is 6.54 Å². The molecule has 1 amide bonds. The fourth-order valence-corrected chi connectivity index (χ4v) is 2.39. The maximum atomic E-state index is 12.0. The largest absolute Gasteiger partial charge is 0.481 e. The van der Waals surface area contributed by atoms with E-state index >= 15 is 0 Å². The van der Waals surface area contributed by atoms with Crippen LogP contribution < -0.4 is 10.1 Å². The van der Waals surface area contributed by atoms with Crippen molar-refractivity contribution in [3.05, 3.63) is 65.2 Å². The predicted molar refractivity (Wildman–Crippen MR) is 93.8 cm³/mol. The second kappa shape index (κ2) is 8.37. The van der Waals surface area contributed by atoms with Crippen LogP contribution in [0.25, 0.3) is 0 Å². The normalized spacial score (nSPS) is 11.8.